The molecule has 16 heavy (non-hydrogen) atoms. The molecule has 0 saturated carbocycles. The maximum atomic E-state index is 9.89. The molecule has 2 rings (SSSR count). The highest BCUT2D eigenvalue weighted by Crippen LogP contribution is 2.25. The largest absolute Gasteiger partial charge is 0.507 e. The van der Waals surface area contributed by atoms with Crippen LogP contribution in [0.4, 0.5) is 0 Å². The van der Waals surface area contributed by atoms with Crippen LogP contribution in [0, 0.1) is 13.8 Å². The van der Waals surface area contributed by atoms with E-state index in [9.17, 15) is 5.11 Å². The first-order valence-corrected chi connectivity index (χ1v) is 5.89. The van der Waals surface area contributed by atoms with E-state index in [1.807, 2.05) is 19.9 Å². The van der Waals surface area contributed by atoms with Gasteiger partial charge in [0.15, 0.2) is 0 Å². The van der Waals surface area contributed by atoms with E-state index in [4.69, 9.17) is 0 Å². The van der Waals surface area contributed by atoms with E-state index in [0.717, 1.165) is 43.9 Å². The fourth-order valence-corrected chi connectivity index (χ4v) is 2.16. The van der Waals surface area contributed by atoms with Crippen LogP contribution in [0.25, 0.3) is 0 Å². The molecule has 0 bridgehead atoms. The highest BCUT2D eigenvalue weighted by molar-refractivity contribution is 5.43. The van der Waals surface area contributed by atoms with Crippen LogP contribution in [0.2, 0.25) is 0 Å². The first kappa shape index (κ1) is 11.4. The van der Waals surface area contributed by atoms with Crippen molar-refractivity contribution in [3.05, 3.63) is 28.8 Å². The minimum atomic E-state index is 0.452. The van der Waals surface area contributed by atoms with Crippen molar-refractivity contribution in [3.8, 4) is 5.75 Å². The van der Waals surface area contributed by atoms with Crippen molar-refractivity contribution in [1.29, 1.82) is 0 Å². The number of aromatic hydroxyl groups is 1. The van der Waals surface area contributed by atoms with Crippen molar-refractivity contribution in [3.63, 3.8) is 0 Å². The molecule has 1 aromatic rings. The van der Waals surface area contributed by atoms with Gasteiger partial charge in [0.2, 0.25) is 0 Å². The molecule has 1 aliphatic heterocycles. The Morgan fingerprint density at radius 1 is 1.25 bits per heavy atom. The van der Waals surface area contributed by atoms with Gasteiger partial charge in [0, 0.05) is 32.7 Å². The van der Waals surface area contributed by atoms with Gasteiger partial charge in [-0.15, -0.1) is 0 Å². The molecule has 1 aromatic carbocycles. The number of phenolic OH excluding ortho intramolecular Hbond substituents is 1. The average Bonchev–Trinajstić information content (AvgIpc) is 2.31. The zero-order valence-corrected chi connectivity index (χ0v) is 10.1. The zero-order valence-electron chi connectivity index (χ0n) is 10.1. The van der Waals surface area contributed by atoms with Gasteiger partial charge < -0.3 is 10.4 Å². The SMILES string of the molecule is Cc1ccc(CN2CCNCC2)c(C)c1O. The summed E-state index contributed by atoms with van der Waals surface area (Å²) in [5.41, 5.74) is 3.23. The first-order valence-electron chi connectivity index (χ1n) is 5.89. The van der Waals surface area contributed by atoms with Crippen LogP contribution < -0.4 is 5.32 Å². The van der Waals surface area contributed by atoms with Crippen LogP contribution in [-0.4, -0.2) is 36.2 Å². The van der Waals surface area contributed by atoms with Gasteiger partial charge in [-0.3, -0.25) is 4.90 Å². The molecule has 1 aliphatic rings. The predicted octanol–water partition coefficient (Wildman–Crippen LogP) is 1.41. The Labute approximate surface area is 97.1 Å². The van der Waals surface area contributed by atoms with Crippen LogP contribution in [0.15, 0.2) is 12.1 Å². The number of hydrogen-bond acceptors (Lipinski definition) is 3. The van der Waals surface area contributed by atoms with Crippen molar-refractivity contribution in [2.24, 2.45) is 0 Å². The van der Waals surface area contributed by atoms with Crippen molar-refractivity contribution < 1.29 is 5.11 Å². The molecule has 1 heterocycles. The number of hydrogen-bond donors (Lipinski definition) is 2. The Hall–Kier alpha value is -1.06. The van der Waals surface area contributed by atoms with Gasteiger partial charge >= 0.3 is 0 Å². The van der Waals surface area contributed by atoms with E-state index in [0.29, 0.717) is 5.75 Å². The summed E-state index contributed by atoms with van der Waals surface area (Å²) in [7, 11) is 0. The Balaban J connectivity index is 2.11. The molecule has 0 atom stereocenters. The third-order valence-corrected chi connectivity index (χ3v) is 3.35. The monoisotopic (exact) mass is 220 g/mol. The maximum absolute atomic E-state index is 9.89. The highest BCUT2D eigenvalue weighted by atomic mass is 16.3. The summed E-state index contributed by atoms with van der Waals surface area (Å²) in [6.07, 6.45) is 0. The Bertz CT molecular complexity index is 370. The van der Waals surface area contributed by atoms with Crippen LogP contribution in [0.5, 0.6) is 5.75 Å². The fourth-order valence-electron chi connectivity index (χ4n) is 2.16. The molecule has 3 nitrogen and oxygen atoms in total. The molecule has 0 radical (unpaired) electrons. The van der Waals surface area contributed by atoms with Crippen LogP contribution in [-0.2, 0) is 6.54 Å². The molecule has 0 unspecified atom stereocenters. The number of piperazine rings is 1. The van der Waals surface area contributed by atoms with Crippen LogP contribution in [0.3, 0.4) is 0 Å². The minimum Gasteiger partial charge on any atom is -0.507 e. The highest BCUT2D eigenvalue weighted by Gasteiger charge is 2.12. The number of benzene rings is 1. The summed E-state index contributed by atoms with van der Waals surface area (Å²) in [6.45, 7) is 9.20. The molecular weight excluding hydrogens is 200 g/mol. The zero-order chi connectivity index (χ0) is 11.5. The summed E-state index contributed by atoms with van der Waals surface area (Å²) in [5.74, 6) is 0.452. The van der Waals surface area contributed by atoms with Gasteiger partial charge in [-0.25, -0.2) is 0 Å². The van der Waals surface area contributed by atoms with Gasteiger partial charge in [0.05, 0.1) is 0 Å². The minimum absolute atomic E-state index is 0.452. The van der Waals surface area contributed by atoms with Crippen molar-refractivity contribution >= 4 is 0 Å². The van der Waals surface area contributed by atoms with Crippen LogP contribution >= 0.6 is 0 Å². The Kier molecular flexibility index (Phi) is 3.46. The van der Waals surface area contributed by atoms with E-state index in [1.165, 1.54) is 5.56 Å². The molecule has 0 aromatic heterocycles. The summed E-state index contributed by atoms with van der Waals surface area (Å²) in [6, 6.07) is 4.13. The number of aryl methyl sites for hydroxylation is 1. The molecule has 0 spiro atoms. The van der Waals surface area contributed by atoms with Crippen LogP contribution in [0.1, 0.15) is 16.7 Å². The topological polar surface area (TPSA) is 35.5 Å². The van der Waals surface area contributed by atoms with Crippen molar-refractivity contribution in [2.75, 3.05) is 26.2 Å². The molecule has 3 heteroatoms. The van der Waals surface area contributed by atoms with Gasteiger partial charge in [0.25, 0.3) is 0 Å². The number of phenols is 1. The van der Waals surface area contributed by atoms with Gasteiger partial charge in [0.1, 0.15) is 5.75 Å². The lowest BCUT2D eigenvalue weighted by Crippen LogP contribution is -2.42. The molecule has 0 amide bonds. The van der Waals surface area contributed by atoms with Gasteiger partial charge in [-0.05, 0) is 30.5 Å². The lowest BCUT2D eigenvalue weighted by molar-refractivity contribution is 0.232. The first-order chi connectivity index (χ1) is 7.68. The van der Waals surface area contributed by atoms with E-state index < -0.39 is 0 Å². The lowest BCUT2D eigenvalue weighted by atomic mass is 10.0. The predicted molar refractivity (Wildman–Crippen MR) is 65.7 cm³/mol. The van der Waals surface area contributed by atoms with E-state index in [2.05, 4.69) is 16.3 Å². The number of nitrogens with one attached hydrogen (secondary N) is 1. The number of nitrogens with zero attached hydrogens (tertiary/aromatic N) is 1. The lowest BCUT2D eigenvalue weighted by Gasteiger charge is -2.28. The smallest absolute Gasteiger partial charge is 0.121 e. The normalized spacial score (nSPS) is 17.6. The molecule has 88 valence electrons. The molecule has 1 fully saturated rings. The van der Waals surface area contributed by atoms with Gasteiger partial charge in [-0.2, -0.15) is 0 Å². The second-order valence-corrected chi connectivity index (χ2v) is 4.54. The fraction of sp³-hybridized carbons (Fsp3) is 0.538. The Morgan fingerprint density at radius 2 is 1.94 bits per heavy atom. The maximum Gasteiger partial charge on any atom is 0.121 e. The quantitative estimate of drug-likeness (QED) is 0.791. The summed E-state index contributed by atoms with van der Waals surface area (Å²) >= 11 is 0. The summed E-state index contributed by atoms with van der Waals surface area (Å²) < 4.78 is 0. The molecule has 0 aliphatic carbocycles. The second-order valence-electron chi connectivity index (χ2n) is 4.54. The van der Waals surface area contributed by atoms with E-state index >= 15 is 0 Å². The summed E-state index contributed by atoms with van der Waals surface area (Å²) in [4.78, 5) is 2.42. The van der Waals surface area contributed by atoms with Gasteiger partial charge in [-0.1, -0.05) is 12.1 Å². The van der Waals surface area contributed by atoms with Crippen molar-refractivity contribution in [1.82, 2.24) is 10.2 Å². The number of rotatable bonds is 2. The van der Waals surface area contributed by atoms with E-state index in [1.54, 1.807) is 0 Å². The molecule has 2 N–H and O–H groups in total. The summed E-state index contributed by atoms with van der Waals surface area (Å²) in [5, 5.41) is 13.2. The van der Waals surface area contributed by atoms with Crippen molar-refractivity contribution in [2.45, 2.75) is 20.4 Å². The molecular formula is C13H20N2O. The molecule has 1 saturated heterocycles. The second kappa shape index (κ2) is 4.85. The average molecular weight is 220 g/mol. The standard InChI is InChI=1S/C13H20N2O/c1-10-3-4-12(11(2)13(10)16)9-15-7-5-14-6-8-15/h3-4,14,16H,5-9H2,1-2H3. The van der Waals surface area contributed by atoms with E-state index in [-0.39, 0.29) is 0 Å². The third kappa shape index (κ3) is 2.36. The third-order valence-electron chi connectivity index (χ3n) is 3.35. The Morgan fingerprint density at radius 3 is 2.62 bits per heavy atom.